The quantitative estimate of drug-likeness (QED) is 0.613. The summed E-state index contributed by atoms with van der Waals surface area (Å²) in [7, 11) is 1.36. The van der Waals surface area contributed by atoms with Gasteiger partial charge in [0.1, 0.15) is 5.78 Å². The van der Waals surface area contributed by atoms with Crippen LogP contribution < -0.4 is 0 Å². The number of carbonyl (C=O) groups is 2. The van der Waals surface area contributed by atoms with E-state index >= 15 is 0 Å². The van der Waals surface area contributed by atoms with Gasteiger partial charge in [-0.15, -0.1) is 0 Å². The lowest BCUT2D eigenvalue weighted by Gasteiger charge is -2.17. The van der Waals surface area contributed by atoms with Crippen molar-refractivity contribution in [2.75, 3.05) is 7.11 Å². The predicted molar refractivity (Wildman–Crippen MR) is 76.2 cm³/mol. The Morgan fingerprint density at radius 2 is 2.05 bits per heavy atom. The molecule has 104 valence electrons. The monoisotopic (exact) mass is 270 g/mol. The van der Waals surface area contributed by atoms with Gasteiger partial charge in [-0.3, -0.25) is 4.79 Å². The van der Waals surface area contributed by atoms with Gasteiger partial charge < -0.3 is 4.74 Å². The summed E-state index contributed by atoms with van der Waals surface area (Å²) in [5.74, 6) is 6.24. The molecule has 0 saturated heterocycles. The van der Waals surface area contributed by atoms with Crippen molar-refractivity contribution in [3.63, 3.8) is 0 Å². The molecule has 20 heavy (non-hydrogen) atoms. The van der Waals surface area contributed by atoms with Gasteiger partial charge in [0.2, 0.25) is 0 Å². The van der Waals surface area contributed by atoms with Crippen LogP contribution in [0.3, 0.4) is 0 Å². The largest absolute Gasteiger partial charge is 0.465 e. The van der Waals surface area contributed by atoms with Gasteiger partial charge in [0.25, 0.3) is 0 Å². The van der Waals surface area contributed by atoms with Crippen LogP contribution in [-0.2, 0) is 9.53 Å². The van der Waals surface area contributed by atoms with E-state index < -0.39 is 0 Å². The Bertz CT molecular complexity index is 546. The maximum atomic E-state index is 11.7. The number of hydrogen-bond acceptors (Lipinski definition) is 3. The van der Waals surface area contributed by atoms with Crippen LogP contribution in [-0.4, -0.2) is 18.9 Å². The van der Waals surface area contributed by atoms with E-state index in [1.807, 2.05) is 0 Å². The second-order valence-electron chi connectivity index (χ2n) is 4.98. The van der Waals surface area contributed by atoms with Crippen LogP contribution in [0.2, 0.25) is 0 Å². The van der Waals surface area contributed by atoms with Crippen molar-refractivity contribution in [3.05, 3.63) is 35.4 Å². The van der Waals surface area contributed by atoms with Crippen molar-refractivity contribution in [2.24, 2.45) is 5.92 Å². The van der Waals surface area contributed by atoms with Crippen LogP contribution in [0.25, 0.3) is 0 Å². The lowest BCUT2D eigenvalue weighted by atomic mass is 9.86. The first kappa shape index (κ1) is 14.3. The number of benzene rings is 1. The first-order valence-electron chi connectivity index (χ1n) is 6.90. The van der Waals surface area contributed by atoms with E-state index in [1.54, 1.807) is 24.3 Å². The lowest BCUT2D eigenvalue weighted by Crippen LogP contribution is -2.18. The topological polar surface area (TPSA) is 43.4 Å². The summed E-state index contributed by atoms with van der Waals surface area (Å²) in [5.41, 5.74) is 1.36. The van der Waals surface area contributed by atoms with E-state index in [4.69, 9.17) is 0 Å². The zero-order chi connectivity index (χ0) is 14.4. The Kier molecular flexibility index (Phi) is 4.95. The van der Waals surface area contributed by atoms with E-state index in [0.717, 1.165) is 24.8 Å². The number of esters is 1. The number of carbonyl (C=O) groups excluding carboxylic acids is 2. The Labute approximate surface area is 119 Å². The van der Waals surface area contributed by atoms with Gasteiger partial charge in [-0.1, -0.05) is 18.3 Å². The Morgan fingerprint density at radius 3 is 2.70 bits per heavy atom. The molecule has 1 aromatic rings. The van der Waals surface area contributed by atoms with Crippen LogP contribution in [0.1, 0.15) is 48.0 Å². The van der Waals surface area contributed by atoms with Gasteiger partial charge >= 0.3 is 5.97 Å². The molecular weight excluding hydrogens is 252 g/mol. The average Bonchev–Trinajstić information content (AvgIpc) is 2.49. The first-order valence-corrected chi connectivity index (χ1v) is 6.90. The number of ether oxygens (including phenoxy) is 1. The van der Waals surface area contributed by atoms with Crippen LogP contribution in [0.4, 0.5) is 0 Å². The zero-order valence-corrected chi connectivity index (χ0v) is 11.6. The Balaban J connectivity index is 1.95. The van der Waals surface area contributed by atoms with E-state index in [0.29, 0.717) is 24.2 Å². The highest BCUT2D eigenvalue weighted by Gasteiger charge is 2.20. The van der Waals surface area contributed by atoms with Gasteiger partial charge in [0.05, 0.1) is 12.7 Å². The highest BCUT2D eigenvalue weighted by molar-refractivity contribution is 5.89. The molecule has 0 aromatic heterocycles. The Morgan fingerprint density at radius 1 is 1.30 bits per heavy atom. The molecule has 1 aliphatic carbocycles. The highest BCUT2D eigenvalue weighted by atomic mass is 16.5. The molecule has 1 fully saturated rings. The van der Waals surface area contributed by atoms with Crippen LogP contribution >= 0.6 is 0 Å². The molecular formula is C17H18O3. The molecule has 0 aliphatic heterocycles. The first-order chi connectivity index (χ1) is 9.70. The average molecular weight is 270 g/mol. The van der Waals surface area contributed by atoms with Crippen molar-refractivity contribution < 1.29 is 14.3 Å². The molecule has 0 N–H and O–H groups in total. The predicted octanol–water partition coefficient (Wildman–Crippen LogP) is 2.97. The maximum absolute atomic E-state index is 11.7. The summed E-state index contributed by atoms with van der Waals surface area (Å²) in [6.45, 7) is 0. The summed E-state index contributed by atoms with van der Waals surface area (Å²) in [6, 6.07) is 6.98. The van der Waals surface area contributed by atoms with Crippen LogP contribution in [0.5, 0.6) is 0 Å². The van der Waals surface area contributed by atoms with Crippen molar-refractivity contribution in [2.45, 2.75) is 32.1 Å². The highest BCUT2D eigenvalue weighted by Crippen LogP contribution is 2.22. The smallest absolute Gasteiger partial charge is 0.337 e. The standard InChI is InChI=1S/C17H18O3/c1-20-17(19)15-11-9-13(10-12-15)5-4-7-14-6-2-3-8-16(14)18/h9-12,14H,2-3,6-8H2,1H3. The summed E-state index contributed by atoms with van der Waals surface area (Å²) in [6.07, 6.45) is 4.47. The molecule has 3 nitrogen and oxygen atoms in total. The molecule has 0 heterocycles. The number of methoxy groups -OCH3 is 1. The molecule has 1 saturated carbocycles. The molecule has 1 atom stereocenters. The van der Waals surface area contributed by atoms with E-state index in [1.165, 1.54) is 7.11 Å². The normalized spacial score (nSPS) is 18.1. The Hall–Kier alpha value is -2.08. The SMILES string of the molecule is COC(=O)c1ccc(C#CCC2CCCCC2=O)cc1. The summed E-state index contributed by atoms with van der Waals surface area (Å²) in [4.78, 5) is 23.0. The third-order valence-corrected chi connectivity index (χ3v) is 3.57. The van der Waals surface area contributed by atoms with Crippen molar-refractivity contribution in [3.8, 4) is 11.8 Å². The second-order valence-corrected chi connectivity index (χ2v) is 4.98. The van der Waals surface area contributed by atoms with E-state index in [2.05, 4.69) is 16.6 Å². The fourth-order valence-electron chi connectivity index (χ4n) is 2.35. The molecule has 0 spiro atoms. The fourth-order valence-corrected chi connectivity index (χ4v) is 2.35. The van der Waals surface area contributed by atoms with Crippen molar-refractivity contribution in [1.82, 2.24) is 0 Å². The summed E-state index contributed by atoms with van der Waals surface area (Å²) in [5, 5.41) is 0. The molecule has 0 bridgehead atoms. The van der Waals surface area contributed by atoms with Gasteiger partial charge in [-0.2, -0.15) is 0 Å². The number of ketones is 1. The molecule has 0 radical (unpaired) electrons. The molecule has 2 rings (SSSR count). The summed E-state index contributed by atoms with van der Waals surface area (Å²) >= 11 is 0. The lowest BCUT2D eigenvalue weighted by molar-refractivity contribution is -0.124. The number of Topliss-reactive ketones (excluding diaryl/α,β-unsaturated/α-hetero) is 1. The minimum atomic E-state index is -0.350. The second kappa shape index (κ2) is 6.91. The van der Waals surface area contributed by atoms with Gasteiger partial charge in [0.15, 0.2) is 0 Å². The van der Waals surface area contributed by atoms with Gasteiger partial charge in [-0.25, -0.2) is 4.79 Å². The fraction of sp³-hybridized carbons (Fsp3) is 0.412. The molecule has 0 amide bonds. The van der Waals surface area contributed by atoms with Gasteiger partial charge in [0, 0.05) is 24.3 Å². The van der Waals surface area contributed by atoms with Crippen molar-refractivity contribution in [1.29, 1.82) is 0 Å². The third kappa shape index (κ3) is 3.71. The zero-order valence-electron chi connectivity index (χ0n) is 11.6. The molecule has 1 unspecified atom stereocenters. The van der Waals surface area contributed by atoms with E-state index in [-0.39, 0.29) is 11.9 Å². The third-order valence-electron chi connectivity index (χ3n) is 3.57. The molecule has 3 heteroatoms. The minimum absolute atomic E-state index is 0.116. The van der Waals surface area contributed by atoms with Crippen LogP contribution in [0, 0.1) is 17.8 Å². The van der Waals surface area contributed by atoms with Crippen molar-refractivity contribution >= 4 is 11.8 Å². The van der Waals surface area contributed by atoms with Gasteiger partial charge in [-0.05, 0) is 37.1 Å². The molecule has 1 aromatic carbocycles. The van der Waals surface area contributed by atoms with Crippen LogP contribution in [0.15, 0.2) is 24.3 Å². The summed E-state index contributed by atoms with van der Waals surface area (Å²) < 4.78 is 4.64. The number of hydrogen-bond donors (Lipinski definition) is 0. The number of rotatable bonds is 2. The minimum Gasteiger partial charge on any atom is -0.465 e. The molecule has 1 aliphatic rings. The van der Waals surface area contributed by atoms with E-state index in [9.17, 15) is 9.59 Å². The maximum Gasteiger partial charge on any atom is 0.337 e.